The summed E-state index contributed by atoms with van der Waals surface area (Å²) in [5.41, 5.74) is 4.71. The number of fused-ring (bicyclic) bond motifs is 1. The summed E-state index contributed by atoms with van der Waals surface area (Å²) in [5.74, 6) is 0. The molecule has 3 heterocycles. The van der Waals surface area contributed by atoms with Crippen LogP contribution in [0.1, 0.15) is 42.0 Å². The van der Waals surface area contributed by atoms with Crippen LogP contribution in [0, 0.1) is 13.8 Å². The van der Waals surface area contributed by atoms with E-state index in [1.807, 2.05) is 23.7 Å². The van der Waals surface area contributed by atoms with Crippen molar-refractivity contribution in [1.82, 2.24) is 34.9 Å². The van der Waals surface area contributed by atoms with Crippen LogP contribution in [-0.2, 0) is 13.2 Å². The number of aliphatic hydroxyl groups is 1. The monoisotopic (exact) mass is 329 g/mol. The summed E-state index contributed by atoms with van der Waals surface area (Å²) in [4.78, 5) is 4.49. The van der Waals surface area contributed by atoms with Gasteiger partial charge in [-0.2, -0.15) is 5.10 Å². The first-order valence-electron chi connectivity index (χ1n) is 8.13. The minimum Gasteiger partial charge on any atom is -0.390 e. The number of hydrogen-bond acceptors (Lipinski definition) is 6. The minimum atomic E-state index is -0.0725. The summed E-state index contributed by atoms with van der Waals surface area (Å²) in [7, 11) is 0. The zero-order valence-electron chi connectivity index (χ0n) is 14.3. The van der Waals surface area contributed by atoms with Gasteiger partial charge in [0.25, 0.3) is 0 Å². The first kappa shape index (κ1) is 16.5. The fourth-order valence-corrected chi connectivity index (χ4v) is 2.79. The molecule has 0 bridgehead atoms. The van der Waals surface area contributed by atoms with E-state index in [2.05, 4.69) is 39.6 Å². The first-order valence-corrected chi connectivity index (χ1v) is 8.13. The number of aromatic nitrogens is 6. The van der Waals surface area contributed by atoms with Crippen LogP contribution in [0.3, 0.4) is 0 Å². The van der Waals surface area contributed by atoms with Crippen LogP contribution in [0.15, 0.2) is 18.5 Å². The summed E-state index contributed by atoms with van der Waals surface area (Å²) >= 11 is 0. The maximum Gasteiger partial charge on any atom is 0.155 e. The number of aryl methyl sites for hydroxylation is 3. The normalized spacial score (nSPS) is 12.8. The quantitative estimate of drug-likeness (QED) is 0.632. The predicted octanol–water partition coefficient (Wildman–Crippen LogP) is 1.17. The van der Waals surface area contributed by atoms with Crippen LogP contribution >= 0.6 is 0 Å². The van der Waals surface area contributed by atoms with Crippen molar-refractivity contribution in [3.8, 4) is 0 Å². The molecule has 8 nitrogen and oxygen atoms in total. The zero-order valence-corrected chi connectivity index (χ0v) is 14.3. The average Bonchev–Trinajstić information content (AvgIpc) is 3.17. The van der Waals surface area contributed by atoms with Gasteiger partial charge in [-0.05, 0) is 33.7 Å². The van der Waals surface area contributed by atoms with Gasteiger partial charge in [0.15, 0.2) is 5.65 Å². The third-order valence-electron chi connectivity index (χ3n) is 4.11. The standard InChI is InChI=1S/C16H23N7O/c1-11-7-16-18-8-15(13(3)23(16)20-11)12(2)17-5-4-6-22-9-14(10-24)19-21-22/h7-9,12,17,24H,4-6,10H2,1-3H3. The molecule has 0 amide bonds. The van der Waals surface area contributed by atoms with Crippen LogP contribution in [0.5, 0.6) is 0 Å². The van der Waals surface area contributed by atoms with E-state index in [1.54, 1.807) is 10.9 Å². The van der Waals surface area contributed by atoms with Gasteiger partial charge in [0.05, 0.1) is 18.5 Å². The van der Waals surface area contributed by atoms with Gasteiger partial charge in [0.2, 0.25) is 0 Å². The smallest absolute Gasteiger partial charge is 0.155 e. The molecule has 0 saturated heterocycles. The lowest BCUT2D eigenvalue weighted by Crippen LogP contribution is -2.22. The first-order chi connectivity index (χ1) is 11.6. The molecule has 8 heteroatoms. The SMILES string of the molecule is Cc1cc2ncc(C(C)NCCCn3cc(CO)nn3)c(C)n2n1. The maximum atomic E-state index is 8.98. The Balaban J connectivity index is 1.56. The van der Waals surface area contributed by atoms with Crippen molar-refractivity contribution in [2.75, 3.05) is 6.54 Å². The molecule has 0 aromatic carbocycles. The molecular formula is C16H23N7O. The van der Waals surface area contributed by atoms with Crippen LogP contribution in [0.4, 0.5) is 0 Å². The Morgan fingerprint density at radius 2 is 2.17 bits per heavy atom. The van der Waals surface area contributed by atoms with E-state index >= 15 is 0 Å². The minimum absolute atomic E-state index is 0.0725. The third-order valence-corrected chi connectivity index (χ3v) is 4.11. The Hall–Kier alpha value is -2.32. The van der Waals surface area contributed by atoms with Crippen molar-refractivity contribution in [3.05, 3.63) is 41.1 Å². The second-order valence-corrected chi connectivity index (χ2v) is 6.02. The van der Waals surface area contributed by atoms with E-state index in [4.69, 9.17) is 5.11 Å². The molecule has 128 valence electrons. The van der Waals surface area contributed by atoms with E-state index in [9.17, 15) is 0 Å². The van der Waals surface area contributed by atoms with Crippen molar-refractivity contribution in [1.29, 1.82) is 0 Å². The van der Waals surface area contributed by atoms with E-state index in [-0.39, 0.29) is 12.6 Å². The molecule has 0 aliphatic heterocycles. The van der Waals surface area contributed by atoms with Crippen LogP contribution in [0.2, 0.25) is 0 Å². The van der Waals surface area contributed by atoms with Gasteiger partial charge in [-0.1, -0.05) is 5.21 Å². The molecule has 3 aromatic rings. The van der Waals surface area contributed by atoms with Crippen molar-refractivity contribution in [3.63, 3.8) is 0 Å². The number of aliphatic hydroxyl groups excluding tert-OH is 1. The molecule has 0 saturated carbocycles. The Kier molecular flexibility index (Phi) is 4.86. The molecule has 1 atom stereocenters. The summed E-state index contributed by atoms with van der Waals surface area (Å²) in [5, 5.41) is 24.8. The molecule has 1 unspecified atom stereocenters. The molecule has 0 fully saturated rings. The Morgan fingerprint density at radius 1 is 1.33 bits per heavy atom. The van der Waals surface area contributed by atoms with Gasteiger partial charge in [-0.25, -0.2) is 9.50 Å². The van der Waals surface area contributed by atoms with Crippen LogP contribution < -0.4 is 5.32 Å². The number of nitrogens with zero attached hydrogens (tertiary/aromatic N) is 6. The topological polar surface area (TPSA) is 93.2 Å². The lowest BCUT2D eigenvalue weighted by Gasteiger charge is -2.16. The van der Waals surface area contributed by atoms with Gasteiger partial charge < -0.3 is 10.4 Å². The third kappa shape index (κ3) is 3.44. The average molecular weight is 329 g/mol. The molecule has 0 radical (unpaired) electrons. The van der Waals surface area contributed by atoms with Crippen molar-refractivity contribution in [2.45, 2.75) is 46.4 Å². The molecule has 3 rings (SSSR count). The fourth-order valence-electron chi connectivity index (χ4n) is 2.79. The maximum absolute atomic E-state index is 8.98. The van der Waals surface area contributed by atoms with E-state index < -0.39 is 0 Å². The van der Waals surface area contributed by atoms with E-state index in [0.29, 0.717) is 5.69 Å². The number of rotatable bonds is 7. The van der Waals surface area contributed by atoms with Crippen LogP contribution in [0.25, 0.3) is 5.65 Å². The number of hydrogen-bond donors (Lipinski definition) is 2. The van der Waals surface area contributed by atoms with Crippen molar-refractivity contribution < 1.29 is 5.11 Å². The molecule has 0 spiro atoms. The Morgan fingerprint density at radius 3 is 2.92 bits per heavy atom. The summed E-state index contributed by atoms with van der Waals surface area (Å²) in [6.45, 7) is 7.72. The highest BCUT2D eigenvalue weighted by Crippen LogP contribution is 2.17. The highest BCUT2D eigenvalue weighted by Gasteiger charge is 2.12. The second-order valence-electron chi connectivity index (χ2n) is 6.02. The summed E-state index contributed by atoms with van der Waals surface area (Å²) in [6, 6.07) is 2.17. The molecular weight excluding hydrogens is 306 g/mol. The van der Waals surface area contributed by atoms with E-state index in [0.717, 1.165) is 42.1 Å². The fraction of sp³-hybridized carbons (Fsp3) is 0.500. The van der Waals surface area contributed by atoms with Gasteiger partial charge in [0, 0.05) is 36.1 Å². The van der Waals surface area contributed by atoms with Gasteiger partial charge in [-0.3, -0.25) is 4.68 Å². The Bertz CT molecular complexity index is 823. The van der Waals surface area contributed by atoms with Crippen molar-refractivity contribution in [2.24, 2.45) is 0 Å². The van der Waals surface area contributed by atoms with E-state index in [1.165, 1.54) is 0 Å². The molecule has 3 aromatic heterocycles. The molecule has 2 N–H and O–H groups in total. The zero-order chi connectivity index (χ0) is 17.1. The number of nitrogens with one attached hydrogen (secondary N) is 1. The highest BCUT2D eigenvalue weighted by molar-refractivity contribution is 5.42. The second kappa shape index (κ2) is 7.06. The largest absolute Gasteiger partial charge is 0.390 e. The highest BCUT2D eigenvalue weighted by atomic mass is 16.3. The summed E-state index contributed by atoms with van der Waals surface area (Å²) < 4.78 is 3.65. The lowest BCUT2D eigenvalue weighted by molar-refractivity contribution is 0.276. The van der Waals surface area contributed by atoms with Gasteiger partial charge in [0.1, 0.15) is 5.69 Å². The molecule has 0 aliphatic rings. The van der Waals surface area contributed by atoms with Crippen LogP contribution in [-0.4, -0.2) is 41.2 Å². The predicted molar refractivity (Wildman–Crippen MR) is 89.4 cm³/mol. The van der Waals surface area contributed by atoms with Gasteiger partial charge in [-0.15, -0.1) is 5.10 Å². The van der Waals surface area contributed by atoms with Crippen molar-refractivity contribution >= 4 is 5.65 Å². The Labute approximate surface area is 140 Å². The van der Waals surface area contributed by atoms with Gasteiger partial charge >= 0.3 is 0 Å². The lowest BCUT2D eigenvalue weighted by atomic mass is 10.1. The molecule has 0 aliphatic carbocycles. The summed E-state index contributed by atoms with van der Waals surface area (Å²) in [6.07, 6.45) is 4.62. The molecule has 24 heavy (non-hydrogen) atoms.